The third kappa shape index (κ3) is 4.27. The summed E-state index contributed by atoms with van der Waals surface area (Å²) in [5.41, 5.74) is 4.11. The van der Waals surface area contributed by atoms with Gasteiger partial charge in [0, 0.05) is 24.9 Å². The lowest BCUT2D eigenvalue weighted by atomic mass is 10.1. The van der Waals surface area contributed by atoms with Gasteiger partial charge in [0.25, 0.3) is 0 Å². The Morgan fingerprint density at radius 1 is 1.29 bits per heavy atom. The highest BCUT2D eigenvalue weighted by atomic mass is 35.5. The number of rotatable bonds is 4. The van der Waals surface area contributed by atoms with E-state index >= 15 is 0 Å². The number of alkyl halides is 1. The molecule has 2 aromatic rings. The van der Waals surface area contributed by atoms with Crippen molar-refractivity contribution in [1.82, 2.24) is 9.78 Å². The van der Waals surface area contributed by atoms with E-state index in [-0.39, 0.29) is 0 Å². The van der Waals surface area contributed by atoms with Crippen LogP contribution in [0, 0.1) is 25.7 Å². The van der Waals surface area contributed by atoms with Gasteiger partial charge in [-0.05, 0) is 43.7 Å². The van der Waals surface area contributed by atoms with Crippen LogP contribution < -0.4 is 4.74 Å². The maximum Gasteiger partial charge on any atom is 0.130 e. The third-order valence-electron chi connectivity index (χ3n) is 3.10. The van der Waals surface area contributed by atoms with E-state index in [9.17, 15) is 0 Å². The molecule has 1 heterocycles. The molecule has 0 spiro atoms. The van der Waals surface area contributed by atoms with Crippen molar-refractivity contribution in [2.24, 2.45) is 7.05 Å². The highest BCUT2D eigenvalue weighted by molar-refractivity contribution is 6.18. The molecular weight excluding hydrogens is 284 g/mol. The van der Waals surface area contributed by atoms with E-state index in [0.717, 1.165) is 28.3 Å². The number of aryl methyl sites for hydroxylation is 3. The molecule has 0 radical (unpaired) electrons. The molecule has 21 heavy (non-hydrogen) atoms. The Kier molecular flexibility index (Phi) is 5.30. The third-order valence-corrected chi connectivity index (χ3v) is 3.29. The minimum absolute atomic E-state index is 0.509. The zero-order valence-corrected chi connectivity index (χ0v) is 13.4. The van der Waals surface area contributed by atoms with Crippen LogP contribution in [-0.4, -0.2) is 15.7 Å². The summed E-state index contributed by atoms with van der Waals surface area (Å²) < 4.78 is 7.71. The first-order valence-corrected chi connectivity index (χ1v) is 7.41. The van der Waals surface area contributed by atoms with E-state index in [2.05, 4.69) is 16.9 Å². The van der Waals surface area contributed by atoms with Crippen LogP contribution in [0.4, 0.5) is 0 Å². The minimum atomic E-state index is 0.509. The van der Waals surface area contributed by atoms with Crippen molar-refractivity contribution in [3.63, 3.8) is 0 Å². The number of halogens is 1. The van der Waals surface area contributed by atoms with Gasteiger partial charge in [-0.2, -0.15) is 5.10 Å². The van der Waals surface area contributed by atoms with Gasteiger partial charge in [0.2, 0.25) is 0 Å². The first-order valence-electron chi connectivity index (χ1n) is 6.88. The lowest BCUT2D eigenvalue weighted by Gasteiger charge is -2.09. The smallest absolute Gasteiger partial charge is 0.130 e. The van der Waals surface area contributed by atoms with Crippen LogP contribution in [0.25, 0.3) is 0 Å². The van der Waals surface area contributed by atoms with Gasteiger partial charge in [-0.15, -0.1) is 11.6 Å². The van der Waals surface area contributed by atoms with Gasteiger partial charge in [-0.3, -0.25) is 4.68 Å². The fraction of sp³-hybridized carbons (Fsp3) is 0.353. The average molecular weight is 303 g/mol. The van der Waals surface area contributed by atoms with E-state index in [0.29, 0.717) is 18.9 Å². The normalized spacial score (nSPS) is 10.1. The van der Waals surface area contributed by atoms with Crippen molar-refractivity contribution in [3.8, 4) is 17.6 Å². The van der Waals surface area contributed by atoms with Gasteiger partial charge in [0.15, 0.2) is 0 Å². The number of nitrogens with zero attached hydrogens (tertiary/aromatic N) is 2. The standard InChI is InChI=1S/C17H19ClN2O/c1-13-10-15(6-4-5-9-18)7-8-17(13)21-12-16-11-14(2)19-20(16)3/h7-8,10-11H,5,9,12H2,1-3H3. The summed E-state index contributed by atoms with van der Waals surface area (Å²) in [4.78, 5) is 0. The molecule has 0 N–H and O–H groups in total. The number of hydrogen-bond acceptors (Lipinski definition) is 2. The lowest BCUT2D eigenvalue weighted by Crippen LogP contribution is -2.03. The van der Waals surface area contributed by atoms with Crippen molar-refractivity contribution in [2.75, 3.05) is 5.88 Å². The molecule has 0 unspecified atom stereocenters. The fourth-order valence-electron chi connectivity index (χ4n) is 2.05. The summed E-state index contributed by atoms with van der Waals surface area (Å²) in [6.07, 6.45) is 0.707. The second-order valence-corrected chi connectivity index (χ2v) is 5.29. The summed E-state index contributed by atoms with van der Waals surface area (Å²) in [5, 5.41) is 4.31. The van der Waals surface area contributed by atoms with Gasteiger partial charge >= 0.3 is 0 Å². The number of hydrogen-bond donors (Lipinski definition) is 0. The van der Waals surface area contributed by atoms with Crippen LogP contribution in [0.5, 0.6) is 5.75 Å². The Morgan fingerprint density at radius 3 is 2.71 bits per heavy atom. The molecule has 0 aliphatic heterocycles. The number of benzene rings is 1. The van der Waals surface area contributed by atoms with Crippen LogP contribution in [0.3, 0.4) is 0 Å². The Hall–Kier alpha value is -1.92. The minimum Gasteiger partial charge on any atom is -0.487 e. The molecule has 0 saturated heterocycles. The fourth-order valence-corrected chi connectivity index (χ4v) is 2.15. The SMILES string of the molecule is Cc1cc(COc2ccc(C#CCCCl)cc2C)n(C)n1. The second-order valence-electron chi connectivity index (χ2n) is 4.91. The maximum absolute atomic E-state index is 5.87. The van der Waals surface area contributed by atoms with Crippen molar-refractivity contribution in [2.45, 2.75) is 26.9 Å². The van der Waals surface area contributed by atoms with E-state index in [1.165, 1.54) is 0 Å². The molecule has 0 aliphatic rings. The Bertz CT molecular complexity index is 680. The van der Waals surface area contributed by atoms with E-state index < -0.39 is 0 Å². The summed E-state index contributed by atoms with van der Waals surface area (Å²) in [5.74, 6) is 7.57. The molecule has 1 aromatic carbocycles. The number of aromatic nitrogens is 2. The quantitative estimate of drug-likeness (QED) is 0.637. The Morgan fingerprint density at radius 2 is 2.10 bits per heavy atom. The zero-order chi connectivity index (χ0) is 15.2. The highest BCUT2D eigenvalue weighted by Gasteiger charge is 2.05. The van der Waals surface area contributed by atoms with Crippen LogP contribution in [0.2, 0.25) is 0 Å². The summed E-state index contributed by atoms with van der Waals surface area (Å²) in [7, 11) is 1.92. The van der Waals surface area contributed by atoms with E-state index in [1.54, 1.807) is 0 Å². The molecule has 110 valence electrons. The maximum atomic E-state index is 5.87. The van der Waals surface area contributed by atoms with Crippen LogP contribution in [-0.2, 0) is 13.7 Å². The van der Waals surface area contributed by atoms with Crippen molar-refractivity contribution < 1.29 is 4.74 Å². The second kappa shape index (κ2) is 7.19. The van der Waals surface area contributed by atoms with Crippen LogP contribution >= 0.6 is 11.6 Å². The molecule has 2 rings (SSSR count). The topological polar surface area (TPSA) is 27.1 Å². The van der Waals surface area contributed by atoms with Crippen molar-refractivity contribution in [3.05, 3.63) is 46.8 Å². The van der Waals surface area contributed by atoms with Gasteiger partial charge in [0.05, 0.1) is 11.4 Å². The molecule has 0 atom stereocenters. The molecule has 0 aliphatic carbocycles. The van der Waals surface area contributed by atoms with Gasteiger partial charge in [-0.1, -0.05) is 11.8 Å². The highest BCUT2D eigenvalue weighted by Crippen LogP contribution is 2.20. The Balaban J connectivity index is 2.04. The predicted octanol–water partition coefficient (Wildman–Crippen LogP) is 3.60. The first kappa shape index (κ1) is 15.5. The average Bonchev–Trinajstić information content (AvgIpc) is 2.76. The molecule has 0 bridgehead atoms. The van der Waals surface area contributed by atoms with Gasteiger partial charge in [0.1, 0.15) is 12.4 Å². The van der Waals surface area contributed by atoms with E-state index in [4.69, 9.17) is 16.3 Å². The van der Waals surface area contributed by atoms with Gasteiger partial charge in [-0.25, -0.2) is 0 Å². The largest absolute Gasteiger partial charge is 0.487 e. The summed E-state index contributed by atoms with van der Waals surface area (Å²) in [6.45, 7) is 4.51. The summed E-state index contributed by atoms with van der Waals surface area (Å²) >= 11 is 5.61. The molecule has 0 amide bonds. The molecular formula is C17H19ClN2O. The number of ether oxygens (including phenoxy) is 1. The zero-order valence-electron chi connectivity index (χ0n) is 12.6. The lowest BCUT2D eigenvalue weighted by molar-refractivity contribution is 0.293. The molecule has 4 heteroatoms. The summed E-state index contributed by atoms with van der Waals surface area (Å²) in [6, 6.07) is 7.99. The van der Waals surface area contributed by atoms with E-state index in [1.807, 2.05) is 49.8 Å². The monoisotopic (exact) mass is 302 g/mol. The van der Waals surface area contributed by atoms with Crippen molar-refractivity contribution >= 4 is 11.6 Å². The van der Waals surface area contributed by atoms with Crippen LogP contribution in [0.1, 0.15) is 28.9 Å². The molecule has 3 nitrogen and oxygen atoms in total. The Labute approximate surface area is 130 Å². The van der Waals surface area contributed by atoms with Gasteiger partial charge < -0.3 is 4.74 Å². The first-order chi connectivity index (χ1) is 10.1. The predicted molar refractivity (Wildman–Crippen MR) is 85.7 cm³/mol. The molecule has 0 fully saturated rings. The van der Waals surface area contributed by atoms with Crippen molar-refractivity contribution in [1.29, 1.82) is 0 Å². The molecule has 1 aromatic heterocycles. The molecule has 0 saturated carbocycles. The van der Waals surface area contributed by atoms with Crippen LogP contribution in [0.15, 0.2) is 24.3 Å².